The van der Waals surface area contributed by atoms with Crippen molar-refractivity contribution in [2.24, 2.45) is 0 Å². The molecule has 0 aromatic carbocycles. The van der Waals surface area contributed by atoms with Gasteiger partial charge in [-0.05, 0) is 25.5 Å². The number of aryl methyl sites for hydroxylation is 2. The molecule has 2 aromatic rings. The van der Waals surface area contributed by atoms with Crippen LogP contribution in [0.5, 0.6) is 0 Å². The molecule has 3 heterocycles. The zero-order valence-corrected chi connectivity index (χ0v) is 14.3. The first-order valence-electron chi connectivity index (χ1n) is 7.80. The van der Waals surface area contributed by atoms with Gasteiger partial charge >= 0.3 is 0 Å². The van der Waals surface area contributed by atoms with Crippen LogP contribution in [0.1, 0.15) is 20.9 Å². The molecule has 0 unspecified atom stereocenters. The van der Waals surface area contributed by atoms with Crippen molar-refractivity contribution in [3.05, 3.63) is 22.2 Å². The molecule has 1 amide bonds. The summed E-state index contributed by atoms with van der Waals surface area (Å²) in [5.74, 6) is -0.00815. The molecule has 0 saturated carbocycles. The fourth-order valence-electron chi connectivity index (χ4n) is 3.09. The number of aromatic nitrogens is 1. The van der Waals surface area contributed by atoms with Crippen molar-refractivity contribution >= 4 is 33.1 Å². The number of amides is 1. The summed E-state index contributed by atoms with van der Waals surface area (Å²) >= 11 is 1.38. The summed E-state index contributed by atoms with van der Waals surface area (Å²) in [5.41, 5.74) is 8.81. The first-order chi connectivity index (χ1) is 11.0. The Kier molecular flexibility index (Phi) is 4.52. The third-order valence-corrected chi connectivity index (χ3v) is 5.38. The van der Waals surface area contributed by atoms with Crippen molar-refractivity contribution in [3.8, 4) is 0 Å². The number of fused-ring (bicyclic) bond motifs is 1. The van der Waals surface area contributed by atoms with E-state index >= 15 is 0 Å². The van der Waals surface area contributed by atoms with Gasteiger partial charge in [0.05, 0.1) is 12.3 Å². The molecule has 1 aliphatic heterocycles. The minimum Gasteiger partial charge on any atom is -0.397 e. The molecule has 2 aromatic heterocycles. The Morgan fingerprint density at radius 1 is 1.35 bits per heavy atom. The number of aliphatic hydroxyl groups is 1. The number of piperazine rings is 1. The van der Waals surface area contributed by atoms with Crippen LogP contribution in [-0.4, -0.2) is 65.1 Å². The van der Waals surface area contributed by atoms with E-state index in [1.165, 1.54) is 11.3 Å². The Balaban J connectivity index is 1.85. The van der Waals surface area contributed by atoms with Crippen LogP contribution in [0, 0.1) is 13.8 Å². The molecule has 124 valence electrons. The number of thiophene rings is 1. The lowest BCUT2D eigenvalue weighted by Gasteiger charge is -2.34. The van der Waals surface area contributed by atoms with Gasteiger partial charge < -0.3 is 15.7 Å². The molecule has 23 heavy (non-hydrogen) atoms. The zero-order valence-electron chi connectivity index (χ0n) is 13.5. The second-order valence-corrected chi connectivity index (χ2v) is 6.96. The first-order valence-corrected chi connectivity index (χ1v) is 8.61. The molecule has 7 heteroatoms. The lowest BCUT2D eigenvalue weighted by atomic mass is 10.1. The minimum atomic E-state index is -0.00815. The Morgan fingerprint density at radius 3 is 2.70 bits per heavy atom. The van der Waals surface area contributed by atoms with E-state index in [4.69, 9.17) is 10.8 Å². The molecule has 3 N–H and O–H groups in total. The Morgan fingerprint density at radius 2 is 2.04 bits per heavy atom. The number of nitrogen functional groups attached to an aromatic ring is 1. The lowest BCUT2D eigenvalue weighted by molar-refractivity contribution is 0.0620. The van der Waals surface area contributed by atoms with Crippen molar-refractivity contribution in [2.75, 3.05) is 45.1 Å². The van der Waals surface area contributed by atoms with E-state index in [2.05, 4.69) is 9.88 Å². The van der Waals surface area contributed by atoms with Crippen molar-refractivity contribution < 1.29 is 9.90 Å². The molecule has 6 nitrogen and oxygen atoms in total. The van der Waals surface area contributed by atoms with Gasteiger partial charge in [-0.3, -0.25) is 9.69 Å². The lowest BCUT2D eigenvalue weighted by Crippen LogP contribution is -2.49. The van der Waals surface area contributed by atoms with E-state index in [0.717, 1.165) is 34.6 Å². The number of nitrogens with two attached hydrogens (primary N) is 1. The van der Waals surface area contributed by atoms with Crippen LogP contribution < -0.4 is 5.73 Å². The summed E-state index contributed by atoms with van der Waals surface area (Å²) in [6.07, 6.45) is 0. The standard InChI is InChI=1S/C16H22N4O2S/c1-10-9-11(2)18-15-12(10)13(17)14(23-15)16(22)20-5-3-19(4-6-20)7-8-21/h9,21H,3-8,17H2,1-2H3. The number of hydrogen-bond donors (Lipinski definition) is 2. The van der Waals surface area contributed by atoms with Crippen LogP contribution in [0.15, 0.2) is 6.07 Å². The Bertz CT molecular complexity index is 735. The number of pyridine rings is 1. The molecular weight excluding hydrogens is 312 g/mol. The number of rotatable bonds is 3. The summed E-state index contributed by atoms with van der Waals surface area (Å²) < 4.78 is 0. The van der Waals surface area contributed by atoms with Crippen LogP contribution >= 0.6 is 11.3 Å². The van der Waals surface area contributed by atoms with Gasteiger partial charge in [0.2, 0.25) is 0 Å². The third-order valence-electron chi connectivity index (χ3n) is 4.29. The number of β-amino-alcohol motifs (C(OH)–C–C–N with tert-alkyl or cyclic N) is 1. The maximum absolute atomic E-state index is 12.8. The van der Waals surface area contributed by atoms with Gasteiger partial charge in [-0.1, -0.05) is 0 Å². The average molecular weight is 334 g/mol. The second kappa shape index (κ2) is 6.43. The highest BCUT2D eigenvalue weighted by atomic mass is 32.1. The molecule has 0 spiro atoms. The van der Waals surface area contributed by atoms with Crippen molar-refractivity contribution in [1.82, 2.24) is 14.8 Å². The summed E-state index contributed by atoms with van der Waals surface area (Å²) in [7, 11) is 0. The molecule has 0 bridgehead atoms. The topological polar surface area (TPSA) is 82.7 Å². The summed E-state index contributed by atoms with van der Waals surface area (Å²) in [6.45, 7) is 7.67. The molecule has 3 rings (SSSR count). The highest BCUT2D eigenvalue weighted by molar-refractivity contribution is 7.21. The van der Waals surface area contributed by atoms with E-state index in [0.29, 0.717) is 30.2 Å². The predicted octanol–water partition coefficient (Wildman–Crippen LogP) is 1.25. The number of anilines is 1. The number of nitrogens with zero attached hydrogens (tertiary/aromatic N) is 3. The van der Waals surface area contributed by atoms with Crippen LogP contribution in [-0.2, 0) is 0 Å². The van der Waals surface area contributed by atoms with Crippen LogP contribution in [0.25, 0.3) is 10.2 Å². The molecule has 1 fully saturated rings. The molecule has 1 aliphatic rings. The van der Waals surface area contributed by atoms with Crippen LogP contribution in [0.2, 0.25) is 0 Å². The van der Waals surface area contributed by atoms with Gasteiger partial charge in [-0.15, -0.1) is 11.3 Å². The van der Waals surface area contributed by atoms with Gasteiger partial charge in [0.1, 0.15) is 9.71 Å². The smallest absolute Gasteiger partial charge is 0.266 e. The predicted molar refractivity (Wildman–Crippen MR) is 92.9 cm³/mol. The van der Waals surface area contributed by atoms with Crippen LogP contribution in [0.4, 0.5) is 5.69 Å². The number of aliphatic hydroxyl groups excluding tert-OH is 1. The summed E-state index contributed by atoms with van der Waals surface area (Å²) in [6, 6.07) is 1.99. The molecule has 1 saturated heterocycles. The minimum absolute atomic E-state index is 0.00815. The number of hydrogen-bond acceptors (Lipinski definition) is 6. The highest BCUT2D eigenvalue weighted by Crippen LogP contribution is 2.35. The largest absolute Gasteiger partial charge is 0.397 e. The fraction of sp³-hybridized carbons (Fsp3) is 0.500. The van der Waals surface area contributed by atoms with E-state index in [1.54, 1.807) is 0 Å². The average Bonchev–Trinajstić information content (AvgIpc) is 2.84. The number of carbonyl (C=O) groups excluding carboxylic acids is 1. The first kappa shape index (κ1) is 16.2. The Hall–Kier alpha value is -1.70. The van der Waals surface area contributed by atoms with E-state index < -0.39 is 0 Å². The highest BCUT2D eigenvalue weighted by Gasteiger charge is 2.26. The zero-order chi connectivity index (χ0) is 16.6. The molecule has 0 aliphatic carbocycles. The summed E-state index contributed by atoms with van der Waals surface area (Å²) in [5, 5.41) is 9.90. The second-order valence-electron chi connectivity index (χ2n) is 5.96. The summed E-state index contributed by atoms with van der Waals surface area (Å²) in [4.78, 5) is 22.8. The maximum Gasteiger partial charge on any atom is 0.266 e. The molecular formula is C16H22N4O2S. The normalized spacial score (nSPS) is 16.2. The van der Waals surface area contributed by atoms with Gasteiger partial charge in [0.25, 0.3) is 5.91 Å². The number of carbonyl (C=O) groups is 1. The van der Waals surface area contributed by atoms with Crippen molar-refractivity contribution in [2.45, 2.75) is 13.8 Å². The molecule has 0 atom stereocenters. The van der Waals surface area contributed by atoms with Crippen molar-refractivity contribution in [3.63, 3.8) is 0 Å². The van der Waals surface area contributed by atoms with E-state index in [9.17, 15) is 4.79 Å². The van der Waals surface area contributed by atoms with Crippen molar-refractivity contribution in [1.29, 1.82) is 0 Å². The Labute approximate surface area is 139 Å². The van der Waals surface area contributed by atoms with Gasteiger partial charge in [-0.2, -0.15) is 0 Å². The van der Waals surface area contributed by atoms with Gasteiger partial charge in [0.15, 0.2) is 0 Å². The van der Waals surface area contributed by atoms with Gasteiger partial charge in [0, 0.05) is 43.8 Å². The molecule has 0 radical (unpaired) electrons. The maximum atomic E-state index is 12.8. The van der Waals surface area contributed by atoms with E-state index in [1.807, 2.05) is 24.8 Å². The third kappa shape index (κ3) is 3.04. The SMILES string of the molecule is Cc1cc(C)c2c(N)c(C(=O)N3CCN(CCO)CC3)sc2n1. The fourth-order valence-corrected chi connectivity index (χ4v) is 4.27. The van der Waals surface area contributed by atoms with Gasteiger partial charge in [-0.25, -0.2) is 4.98 Å². The van der Waals surface area contributed by atoms with Crippen LogP contribution in [0.3, 0.4) is 0 Å². The van der Waals surface area contributed by atoms with E-state index in [-0.39, 0.29) is 12.5 Å². The monoisotopic (exact) mass is 334 g/mol. The quantitative estimate of drug-likeness (QED) is 0.883.